The molecule has 0 unspecified atom stereocenters. The van der Waals surface area contributed by atoms with Crippen molar-refractivity contribution in [3.63, 3.8) is 0 Å². The number of primary amides is 1. The number of carbonyl (C=O) groups is 4. The van der Waals surface area contributed by atoms with Gasteiger partial charge in [0.25, 0.3) is 5.91 Å². The number of anilines is 1. The summed E-state index contributed by atoms with van der Waals surface area (Å²) in [5.41, 5.74) is 5.96. The average molecular weight is 608 g/mol. The van der Waals surface area contributed by atoms with Gasteiger partial charge in [0.1, 0.15) is 6.29 Å². The van der Waals surface area contributed by atoms with Crippen molar-refractivity contribution in [2.24, 2.45) is 11.1 Å². The van der Waals surface area contributed by atoms with Gasteiger partial charge in [-0.1, -0.05) is 57.7 Å². The number of terminal acetylenes is 1. The molecule has 5 N–H and O–H groups in total. The van der Waals surface area contributed by atoms with Gasteiger partial charge in [0.2, 0.25) is 12.3 Å². The predicted octanol–water partition coefficient (Wildman–Crippen LogP) is 5.09. The lowest BCUT2D eigenvalue weighted by atomic mass is 9.87. The third-order valence-corrected chi connectivity index (χ3v) is 6.65. The number of benzene rings is 2. The highest BCUT2D eigenvalue weighted by Gasteiger charge is 2.25. The summed E-state index contributed by atoms with van der Waals surface area (Å²) in [4.78, 5) is 44.7. The number of nitrogens with two attached hydrogens (primary N) is 1. The largest absolute Gasteiger partial charge is 0.375 e. The number of hydrogen-bond acceptors (Lipinski definition) is 6. The zero-order valence-electron chi connectivity index (χ0n) is 27.7. The molecule has 2 atom stereocenters. The van der Waals surface area contributed by atoms with Gasteiger partial charge in [-0.3, -0.25) is 14.4 Å². The highest BCUT2D eigenvalue weighted by atomic mass is 16.2. The van der Waals surface area contributed by atoms with Crippen LogP contribution in [-0.2, 0) is 19.9 Å². The number of carbonyl (C=O) groups excluding carboxylic acids is 4. The van der Waals surface area contributed by atoms with Gasteiger partial charge >= 0.3 is 0 Å². The molecule has 1 aliphatic rings. The van der Waals surface area contributed by atoms with Crippen LogP contribution in [0.1, 0.15) is 77.2 Å². The highest BCUT2D eigenvalue weighted by molar-refractivity contribution is 5.95. The maximum Gasteiger partial charge on any atom is 0.251 e. The molecule has 1 aliphatic heterocycles. The Morgan fingerprint density at radius 3 is 1.86 bits per heavy atom. The Hall–Kier alpha value is -4.42. The van der Waals surface area contributed by atoms with E-state index in [1.54, 1.807) is 12.1 Å². The minimum Gasteiger partial charge on any atom is -0.375 e. The van der Waals surface area contributed by atoms with Gasteiger partial charge in [-0.15, -0.1) is 12.8 Å². The molecular weight excluding hydrogens is 554 g/mol. The third-order valence-electron chi connectivity index (χ3n) is 6.65. The SMILES string of the molecule is C#C.C=CNC(C)=O.CC(C)(NC(=O)c1ccc(N[C@@H](C=O)C(C)(C)C)cc1)c1ccccc1.C[C@@H]1CCCN1C.NC=O. The fourth-order valence-corrected chi connectivity index (χ4v) is 3.86. The summed E-state index contributed by atoms with van der Waals surface area (Å²) in [6.07, 6.45) is 13.3. The Morgan fingerprint density at radius 2 is 1.55 bits per heavy atom. The fourth-order valence-electron chi connectivity index (χ4n) is 3.86. The van der Waals surface area contributed by atoms with E-state index in [0.29, 0.717) is 5.56 Å². The number of nitrogens with one attached hydrogen (secondary N) is 3. The molecule has 0 bridgehead atoms. The molecular formula is C35H53N5O4. The summed E-state index contributed by atoms with van der Waals surface area (Å²) < 4.78 is 0. The average Bonchev–Trinajstić information content (AvgIpc) is 3.35. The summed E-state index contributed by atoms with van der Waals surface area (Å²) in [6, 6.07) is 17.6. The Bertz CT molecular complexity index is 1130. The lowest BCUT2D eigenvalue weighted by Crippen LogP contribution is -2.41. The van der Waals surface area contributed by atoms with Crippen LogP contribution in [0.5, 0.6) is 0 Å². The predicted molar refractivity (Wildman–Crippen MR) is 182 cm³/mol. The fraction of sp³-hybridized carbons (Fsp3) is 0.429. The quantitative estimate of drug-likeness (QED) is 0.256. The Kier molecular flexibility index (Phi) is 21.0. The maximum absolute atomic E-state index is 12.6. The number of amides is 3. The normalized spacial score (nSPS) is 14.4. The van der Waals surface area contributed by atoms with E-state index in [2.05, 4.69) is 60.0 Å². The smallest absolute Gasteiger partial charge is 0.251 e. The molecule has 0 aliphatic carbocycles. The first-order valence-electron chi connectivity index (χ1n) is 14.4. The van der Waals surface area contributed by atoms with Crippen molar-refractivity contribution in [1.29, 1.82) is 0 Å². The molecule has 0 spiro atoms. The topological polar surface area (TPSA) is 134 Å². The second kappa shape index (κ2) is 22.2. The lowest BCUT2D eigenvalue weighted by Gasteiger charge is -2.28. The van der Waals surface area contributed by atoms with Crippen LogP contribution < -0.4 is 21.7 Å². The van der Waals surface area contributed by atoms with Crippen molar-refractivity contribution < 1.29 is 19.2 Å². The molecule has 3 rings (SSSR count). The van der Waals surface area contributed by atoms with Crippen molar-refractivity contribution in [3.8, 4) is 12.8 Å². The van der Waals surface area contributed by atoms with Gasteiger partial charge < -0.3 is 31.4 Å². The molecule has 9 nitrogen and oxygen atoms in total. The number of aldehydes is 1. The van der Waals surface area contributed by atoms with Crippen LogP contribution >= 0.6 is 0 Å². The number of hydrogen-bond donors (Lipinski definition) is 4. The van der Waals surface area contributed by atoms with Crippen molar-refractivity contribution in [3.05, 3.63) is 78.5 Å². The molecule has 2 aromatic carbocycles. The van der Waals surface area contributed by atoms with E-state index in [1.807, 2.05) is 77.1 Å². The summed E-state index contributed by atoms with van der Waals surface area (Å²) in [5, 5.41) is 8.61. The second-order valence-corrected chi connectivity index (χ2v) is 11.7. The summed E-state index contributed by atoms with van der Waals surface area (Å²) in [7, 11) is 2.19. The van der Waals surface area contributed by atoms with Crippen LogP contribution in [0.4, 0.5) is 5.69 Å². The minimum absolute atomic E-state index is 0.0787. The van der Waals surface area contributed by atoms with Gasteiger partial charge in [0.15, 0.2) is 0 Å². The number of nitrogens with zero attached hydrogens (tertiary/aromatic N) is 1. The van der Waals surface area contributed by atoms with E-state index in [-0.39, 0.29) is 29.7 Å². The third kappa shape index (κ3) is 17.5. The second-order valence-electron chi connectivity index (χ2n) is 11.7. The monoisotopic (exact) mass is 607 g/mol. The molecule has 1 saturated heterocycles. The highest BCUT2D eigenvalue weighted by Crippen LogP contribution is 2.23. The first-order valence-corrected chi connectivity index (χ1v) is 14.4. The van der Waals surface area contributed by atoms with Crippen molar-refractivity contribution in [2.45, 2.75) is 78.9 Å². The van der Waals surface area contributed by atoms with Gasteiger partial charge in [0, 0.05) is 24.2 Å². The molecule has 3 amide bonds. The van der Waals surface area contributed by atoms with Crippen molar-refractivity contribution >= 4 is 30.2 Å². The van der Waals surface area contributed by atoms with E-state index in [0.717, 1.165) is 23.6 Å². The summed E-state index contributed by atoms with van der Waals surface area (Å²) >= 11 is 0. The van der Waals surface area contributed by atoms with Crippen LogP contribution in [0, 0.1) is 18.3 Å². The maximum atomic E-state index is 12.6. The van der Waals surface area contributed by atoms with Gasteiger partial charge in [0.05, 0.1) is 11.6 Å². The van der Waals surface area contributed by atoms with Crippen LogP contribution in [0.25, 0.3) is 0 Å². The lowest BCUT2D eigenvalue weighted by molar-refractivity contribution is -0.118. The van der Waals surface area contributed by atoms with Crippen molar-refractivity contribution in [2.75, 3.05) is 18.9 Å². The summed E-state index contributed by atoms with van der Waals surface area (Å²) in [6.45, 7) is 18.3. The van der Waals surface area contributed by atoms with E-state index in [9.17, 15) is 14.4 Å². The van der Waals surface area contributed by atoms with E-state index in [4.69, 9.17) is 4.79 Å². The molecule has 242 valence electrons. The molecule has 44 heavy (non-hydrogen) atoms. The van der Waals surface area contributed by atoms with Crippen LogP contribution in [0.15, 0.2) is 67.4 Å². The Labute approximate surface area is 265 Å². The van der Waals surface area contributed by atoms with Gasteiger partial charge in [-0.2, -0.15) is 0 Å². The number of likely N-dealkylation sites (tertiary alicyclic amines) is 1. The first-order chi connectivity index (χ1) is 20.6. The minimum atomic E-state index is -0.468. The van der Waals surface area contributed by atoms with Crippen LogP contribution in [-0.4, -0.2) is 55.1 Å². The van der Waals surface area contributed by atoms with Crippen molar-refractivity contribution in [1.82, 2.24) is 15.5 Å². The standard InChI is InChI=1S/C22H28N2O2.C6H13N.C4H7NO.C2H2.CH3NO/c1-21(2,3)19(15-25)23-18-13-11-16(12-14-18)20(26)24-22(4,5)17-9-7-6-8-10-17;1-6-4-3-5-7(6)2;1-3-5-4(2)6;1-2;2-1-3/h6-15,19,23H,1-5H3,(H,24,26);6H,3-5H2,1-2H3;3H,1H2,2H3,(H,5,6);1-2H;1H,(H2,2,3)/t19-;6-;;;/m01.../s1. The zero-order valence-corrected chi connectivity index (χ0v) is 27.7. The molecule has 0 aromatic heterocycles. The van der Waals surface area contributed by atoms with E-state index < -0.39 is 5.54 Å². The van der Waals surface area contributed by atoms with Crippen LogP contribution in [0.3, 0.4) is 0 Å². The molecule has 1 heterocycles. The van der Waals surface area contributed by atoms with Gasteiger partial charge in [-0.05, 0) is 88.6 Å². The molecule has 9 heteroatoms. The first kappa shape index (κ1) is 41.7. The molecule has 0 radical (unpaired) electrons. The molecule has 2 aromatic rings. The summed E-state index contributed by atoms with van der Waals surface area (Å²) in [5.74, 6) is -0.210. The van der Waals surface area contributed by atoms with Crippen LogP contribution in [0.2, 0.25) is 0 Å². The Balaban J connectivity index is 0. The molecule has 0 saturated carbocycles. The molecule has 1 fully saturated rings. The zero-order chi connectivity index (χ0) is 34.3. The van der Waals surface area contributed by atoms with E-state index in [1.165, 1.54) is 32.5 Å². The van der Waals surface area contributed by atoms with Gasteiger partial charge in [-0.25, -0.2) is 0 Å². The Morgan fingerprint density at radius 1 is 1.02 bits per heavy atom. The van der Waals surface area contributed by atoms with E-state index >= 15 is 0 Å². The number of rotatable bonds is 7.